The van der Waals surface area contributed by atoms with Crippen molar-refractivity contribution >= 4 is 28.2 Å². The van der Waals surface area contributed by atoms with Crippen LogP contribution < -0.4 is 16.2 Å². The maximum Gasteiger partial charge on any atom is 0.311 e. The van der Waals surface area contributed by atoms with E-state index in [0.717, 1.165) is 22.9 Å². The van der Waals surface area contributed by atoms with Crippen LogP contribution in [0.1, 0.15) is 28.4 Å². The number of nitrogens with zero attached hydrogens (tertiary/aromatic N) is 4. The number of nitro groups is 1. The number of fused-ring (bicyclic) bond motifs is 1. The van der Waals surface area contributed by atoms with Crippen molar-refractivity contribution in [3.63, 3.8) is 0 Å². The second-order valence-electron chi connectivity index (χ2n) is 7.83. The van der Waals surface area contributed by atoms with E-state index < -0.39 is 28.0 Å². The molecule has 1 amide bonds. The molecule has 2 aromatic heterocycles. The van der Waals surface area contributed by atoms with Gasteiger partial charge in [-0.05, 0) is 42.3 Å². The number of pyridine rings is 1. The highest BCUT2D eigenvalue weighted by Crippen LogP contribution is 2.32. The molecule has 4 aromatic rings. The molecule has 184 valence electrons. The summed E-state index contributed by atoms with van der Waals surface area (Å²) >= 11 is 0. The van der Waals surface area contributed by atoms with Crippen LogP contribution in [0, 0.1) is 21.7 Å². The molecule has 0 atom stereocenters. The van der Waals surface area contributed by atoms with Crippen LogP contribution in [0.5, 0.6) is 0 Å². The molecule has 10 nitrogen and oxygen atoms in total. The van der Waals surface area contributed by atoms with Gasteiger partial charge in [-0.15, -0.1) is 0 Å². The van der Waals surface area contributed by atoms with Crippen molar-refractivity contribution in [1.29, 1.82) is 0 Å². The summed E-state index contributed by atoms with van der Waals surface area (Å²) < 4.78 is 27.8. The number of carbonyl (C=O) groups is 1. The van der Waals surface area contributed by atoms with E-state index in [1.54, 1.807) is 18.2 Å². The Balaban J connectivity index is 1.55. The highest BCUT2D eigenvalue weighted by Gasteiger charge is 2.18. The smallest absolute Gasteiger partial charge is 0.311 e. The topological polar surface area (TPSA) is 132 Å². The summed E-state index contributed by atoms with van der Waals surface area (Å²) in [6.07, 6.45) is 3.51. The highest BCUT2D eigenvalue weighted by molar-refractivity contribution is 5.96. The Bertz CT molecular complexity index is 1540. The first-order valence-electron chi connectivity index (χ1n) is 10.8. The lowest BCUT2D eigenvalue weighted by molar-refractivity contribution is -0.384. The van der Waals surface area contributed by atoms with E-state index >= 15 is 0 Å². The lowest BCUT2D eigenvalue weighted by Gasteiger charge is -2.11. The molecule has 0 saturated carbocycles. The molecule has 2 aromatic carbocycles. The lowest BCUT2D eigenvalue weighted by Crippen LogP contribution is -2.33. The van der Waals surface area contributed by atoms with Gasteiger partial charge in [0.1, 0.15) is 17.4 Å². The van der Waals surface area contributed by atoms with Gasteiger partial charge in [0.15, 0.2) is 11.6 Å². The van der Waals surface area contributed by atoms with Crippen molar-refractivity contribution < 1.29 is 18.5 Å². The molecular formula is C24H20F2N6O4. The van der Waals surface area contributed by atoms with Crippen LogP contribution in [-0.2, 0) is 13.1 Å². The molecule has 2 heterocycles. The average Bonchev–Trinajstić information content (AvgIpc) is 2.86. The van der Waals surface area contributed by atoms with Gasteiger partial charge in [-0.3, -0.25) is 24.3 Å². The fraction of sp³-hybridized carbons (Fsp3) is 0.167. The number of anilines is 1. The molecule has 36 heavy (non-hydrogen) atoms. The van der Waals surface area contributed by atoms with Crippen LogP contribution in [0.25, 0.3) is 10.9 Å². The van der Waals surface area contributed by atoms with E-state index in [-0.39, 0.29) is 24.3 Å². The monoisotopic (exact) mass is 494 g/mol. The van der Waals surface area contributed by atoms with Crippen molar-refractivity contribution in [2.45, 2.75) is 20.0 Å². The molecule has 0 aliphatic rings. The number of halogens is 2. The number of aromatic nitrogens is 3. The van der Waals surface area contributed by atoms with Gasteiger partial charge in [-0.25, -0.2) is 18.7 Å². The number of amides is 1. The molecule has 0 aliphatic carbocycles. The zero-order chi connectivity index (χ0) is 25.8. The average molecular weight is 494 g/mol. The van der Waals surface area contributed by atoms with E-state index in [0.29, 0.717) is 34.3 Å². The fourth-order valence-corrected chi connectivity index (χ4v) is 3.67. The van der Waals surface area contributed by atoms with Gasteiger partial charge in [0, 0.05) is 24.7 Å². The molecule has 2 N–H and O–H groups in total. The number of nitrogens with one attached hydrogen (secondary N) is 2. The SMILES string of the molecule is CCNc1c([N+](=O)[O-])cnc2ccc(CNC(=O)c3cncn(Cc4ccc(F)c(F)c4)c3=O)cc12. The third-order valence-corrected chi connectivity index (χ3v) is 5.40. The van der Waals surface area contributed by atoms with Gasteiger partial charge in [0.2, 0.25) is 0 Å². The predicted molar refractivity (Wildman–Crippen MR) is 128 cm³/mol. The van der Waals surface area contributed by atoms with Crippen LogP contribution in [0.15, 0.2) is 59.9 Å². The third kappa shape index (κ3) is 5.02. The van der Waals surface area contributed by atoms with E-state index in [2.05, 4.69) is 20.6 Å². The number of rotatable bonds is 8. The lowest BCUT2D eigenvalue weighted by atomic mass is 10.1. The van der Waals surface area contributed by atoms with Gasteiger partial charge in [-0.2, -0.15) is 0 Å². The van der Waals surface area contributed by atoms with Crippen LogP contribution in [-0.4, -0.2) is 31.9 Å². The minimum absolute atomic E-state index is 0.0283. The van der Waals surface area contributed by atoms with Gasteiger partial charge in [0.05, 0.1) is 23.3 Å². The third-order valence-electron chi connectivity index (χ3n) is 5.40. The predicted octanol–water partition coefficient (Wildman–Crippen LogP) is 3.39. The van der Waals surface area contributed by atoms with Crippen LogP contribution >= 0.6 is 0 Å². The molecule has 0 spiro atoms. The molecule has 0 aliphatic heterocycles. The molecule has 0 saturated heterocycles. The second kappa shape index (κ2) is 10.3. The number of benzene rings is 2. The molecular weight excluding hydrogens is 474 g/mol. The van der Waals surface area contributed by atoms with Gasteiger partial charge in [0.25, 0.3) is 11.5 Å². The molecule has 0 radical (unpaired) electrons. The Labute approximate surface area is 202 Å². The molecule has 0 unspecified atom stereocenters. The van der Waals surface area contributed by atoms with Crippen LogP contribution in [0.4, 0.5) is 20.2 Å². The molecule has 0 fully saturated rings. The van der Waals surface area contributed by atoms with Crippen LogP contribution in [0.2, 0.25) is 0 Å². The van der Waals surface area contributed by atoms with Crippen molar-refractivity contribution in [3.05, 3.63) is 104 Å². The minimum atomic E-state index is -1.05. The van der Waals surface area contributed by atoms with Gasteiger partial charge < -0.3 is 10.6 Å². The highest BCUT2D eigenvalue weighted by atomic mass is 19.2. The first-order chi connectivity index (χ1) is 17.3. The Morgan fingerprint density at radius 1 is 1.11 bits per heavy atom. The van der Waals surface area contributed by atoms with Crippen molar-refractivity contribution in [2.75, 3.05) is 11.9 Å². The van der Waals surface area contributed by atoms with Crippen LogP contribution in [0.3, 0.4) is 0 Å². The maximum absolute atomic E-state index is 13.5. The number of hydrogen-bond donors (Lipinski definition) is 2. The Hall–Kier alpha value is -4.74. The summed E-state index contributed by atoms with van der Waals surface area (Å²) in [6, 6.07) is 8.32. The van der Waals surface area contributed by atoms with Gasteiger partial charge >= 0.3 is 5.69 Å². The number of hydrogen-bond acceptors (Lipinski definition) is 7. The fourth-order valence-electron chi connectivity index (χ4n) is 3.67. The quantitative estimate of drug-likeness (QED) is 0.283. The molecule has 0 bridgehead atoms. The number of carbonyl (C=O) groups excluding carboxylic acids is 1. The largest absolute Gasteiger partial charge is 0.379 e. The summed E-state index contributed by atoms with van der Waals surface area (Å²) in [5.41, 5.74) is 0.773. The Morgan fingerprint density at radius 3 is 2.61 bits per heavy atom. The maximum atomic E-state index is 13.5. The zero-order valence-corrected chi connectivity index (χ0v) is 19.0. The van der Waals surface area contributed by atoms with Crippen molar-refractivity contribution in [1.82, 2.24) is 19.9 Å². The molecule has 12 heteroatoms. The first kappa shape index (κ1) is 24.4. The Morgan fingerprint density at radius 2 is 1.89 bits per heavy atom. The van der Waals surface area contributed by atoms with E-state index in [1.165, 1.54) is 18.6 Å². The summed E-state index contributed by atoms with van der Waals surface area (Å²) in [7, 11) is 0. The second-order valence-corrected chi connectivity index (χ2v) is 7.83. The molecule has 4 rings (SSSR count). The summed E-state index contributed by atoms with van der Waals surface area (Å²) in [5, 5.41) is 17.6. The Kier molecular flexibility index (Phi) is 6.95. The summed E-state index contributed by atoms with van der Waals surface area (Å²) in [5.74, 6) is -2.74. The summed E-state index contributed by atoms with van der Waals surface area (Å²) in [6.45, 7) is 2.19. The first-order valence-corrected chi connectivity index (χ1v) is 10.8. The van der Waals surface area contributed by atoms with E-state index in [4.69, 9.17) is 0 Å². The standard InChI is InChI=1S/C24H20F2N6O4/c1-2-28-22-16-7-14(4-6-20(16)29-11-21(22)32(35)36)9-30-23(33)17-10-27-13-31(24(17)34)12-15-3-5-18(25)19(26)8-15/h3-8,10-11,13H,2,9,12H2,1H3,(H,28,29)(H,30,33). The van der Waals surface area contributed by atoms with Gasteiger partial charge in [-0.1, -0.05) is 12.1 Å². The van der Waals surface area contributed by atoms with E-state index in [1.807, 2.05) is 6.92 Å². The normalized spacial score (nSPS) is 10.9. The van der Waals surface area contributed by atoms with E-state index in [9.17, 15) is 28.5 Å². The van der Waals surface area contributed by atoms with Crippen molar-refractivity contribution in [2.24, 2.45) is 0 Å². The zero-order valence-electron chi connectivity index (χ0n) is 19.0. The van der Waals surface area contributed by atoms with Crippen molar-refractivity contribution in [3.8, 4) is 0 Å². The summed E-state index contributed by atoms with van der Waals surface area (Å²) in [4.78, 5) is 44.4. The minimum Gasteiger partial charge on any atom is -0.379 e.